The van der Waals surface area contributed by atoms with Crippen LogP contribution in [0.3, 0.4) is 0 Å². The number of fused-ring (bicyclic) bond motifs is 1. The molecule has 6 nitrogen and oxygen atoms in total. The van der Waals surface area contributed by atoms with Crippen molar-refractivity contribution in [3.8, 4) is 17.2 Å². The zero-order chi connectivity index (χ0) is 20.1. The SMILES string of the molecule is C=C(NNC(=O)COc1ccc(C(C)(C)C)cc1)c1ccc2c(c1)OCCO2. The molecule has 0 radical (unpaired) electrons. The predicted molar refractivity (Wildman–Crippen MR) is 108 cm³/mol. The van der Waals surface area contributed by atoms with Crippen molar-refractivity contribution in [1.82, 2.24) is 10.9 Å². The minimum absolute atomic E-state index is 0.0774. The third-order valence-electron chi connectivity index (χ3n) is 4.33. The Morgan fingerprint density at radius 1 is 1.04 bits per heavy atom. The first-order chi connectivity index (χ1) is 13.3. The van der Waals surface area contributed by atoms with Crippen LogP contribution < -0.4 is 25.1 Å². The molecule has 3 rings (SSSR count). The maximum absolute atomic E-state index is 12.0. The van der Waals surface area contributed by atoms with Gasteiger partial charge in [0, 0.05) is 5.56 Å². The molecule has 0 saturated carbocycles. The average Bonchev–Trinajstić information content (AvgIpc) is 2.69. The average molecular weight is 382 g/mol. The largest absolute Gasteiger partial charge is 0.486 e. The molecule has 0 spiro atoms. The topological polar surface area (TPSA) is 68.8 Å². The Morgan fingerprint density at radius 2 is 1.71 bits per heavy atom. The van der Waals surface area contributed by atoms with E-state index in [1.165, 1.54) is 5.56 Å². The van der Waals surface area contributed by atoms with Crippen molar-refractivity contribution < 1.29 is 19.0 Å². The van der Waals surface area contributed by atoms with Crippen molar-refractivity contribution in [3.63, 3.8) is 0 Å². The van der Waals surface area contributed by atoms with E-state index in [1.807, 2.05) is 42.5 Å². The highest BCUT2D eigenvalue weighted by Gasteiger charge is 2.14. The van der Waals surface area contributed by atoms with Crippen molar-refractivity contribution in [1.29, 1.82) is 0 Å². The van der Waals surface area contributed by atoms with Gasteiger partial charge in [-0.05, 0) is 41.3 Å². The molecule has 2 aromatic carbocycles. The number of ether oxygens (including phenoxy) is 3. The molecule has 1 heterocycles. The summed E-state index contributed by atoms with van der Waals surface area (Å²) in [5.74, 6) is 1.71. The standard InChI is InChI=1S/C22H26N2O4/c1-15(16-5-10-19-20(13-16)27-12-11-26-19)23-24-21(25)14-28-18-8-6-17(7-9-18)22(2,3)4/h5-10,13,23H,1,11-12,14H2,2-4H3,(H,24,25). The second-order valence-corrected chi connectivity index (χ2v) is 7.57. The Morgan fingerprint density at radius 3 is 2.39 bits per heavy atom. The molecular formula is C22H26N2O4. The van der Waals surface area contributed by atoms with Crippen LogP contribution >= 0.6 is 0 Å². The molecule has 28 heavy (non-hydrogen) atoms. The summed E-state index contributed by atoms with van der Waals surface area (Å²) in [6.45, 7) is 11.3. The van der Waals surface area contributed by atoms with Crippen molar-refractivity contribution in [3.05, 3.63) is 60.2 Å². The van der Waals surface area contributed by atoms with E-state index in [0.29, 0.717) is 36.2 Å². The first-order valence-electron chi connectivity index (χ1n) is 9.20. The second-order valence-electron chi connectivity index (χ2n) is 7.57. The van der Waals surface area contributed by atoms with Crippen molar-refractivity contribution >= 4 is 11.6 Å². The lowest BCUT2D eigenvalue weighted by atomic mass is 9.87. The molecule has 1 aliphatic heterocycles. The Balaban J connectivity index is 1.47. The molecule has 2 aromatic rings. The molecule has 0 atom stereocenters. The number of carbonyl (C=O) groups is 1. The van der Waals surface area contributed by atoms with Crippen molar-refractivity contribution in [2.24, 2.45) is 0 Å². The van der Waals surface area contributed by atoms with Gasteiger partial charge in [-0.3, -0.25) is 15.6 Å². The molecule has 0 aliphatic carbocycles. The highest BCUT2D eigenvalue weighted by Crippen LogP contribution is 2.32. The predicted octanol–water partition coefficient (Wildman–Crippen LogP) is 3.43. The van der Waals surface area contributed by atoms with Crippen LogP contribution in [-0.4, -0.2) is 25.7 Å². The van der Waals surface area contributed by atoms with Crippen molar-refractivity contribution in [2.75, 3.05) is 19.8 Å². The highest BCUT2D eigenvalue weighted by molar-refractivity contribution is 5.78. The van der Waals surface area contributed by atoms with Gasteiger partial charge in [0.1, 0.15) is 19.0 Å². The fraction of sp³-hybridized carbons (Fsp3) is 0.318. The lowest BCUT2D eigenvalue weighted by molar-refractivity contribution is -0.123. The van der Waals surface area contributed by atoms with Crippen LogP contribution in [0.2, 0.25) is 0 Å². The zero-order valence-corrected chi connectivity index (χ0v) is 16.5. The molecule has 0 bridgehead atoms. The van der Waals surface area contributed by atoms with Crippen LogP contribution in [0.15, 0.2) is 49.0 Å². The summed E-state index contributed by atoms with van der Waals surface area (Å²) < 4.78 is 16.6. The maximum atomic E-state index is 12.0. The van der Waals surface area contributed by atoms with Gasteiger partial charge < -0.3 is 14.2 Å². The number of hydrazine groups is 1. The van der Waals surface area contributed by atoms with Crippen LogP contribution in [-0.2, 0) is 10.2 Å². The first-order valence-corrected chi connectivity index (χ1v) is 9.20. The monoisotopic (exact) mass is 382 g/mol. The van der Waals surface area contributed by atoms with Crippen LogP contribution in [0, 0.1) is 0 Å². The minimum Gasteiger partial charge on any atom is -0.486 e. The van der Waals surface area contributed by atoms with Gasteiger partial charge in [0.25, 0.3) is 5.91 Å². The number of rotatable bonds is 6. The van der Waals surface area contributed by atoms with E-state index in [1.54, 1.807) is 0 Å². The molecule has 0 fully saturated rings. The van der Waals surface area contributed by atoms with E-state index in [2.05, 4.69) is 38.2 Å². The lowest BCUT2D eigenvalue weighted by Crippen LogP contribution is -2.39. The van der Waals surface area contributed by atoms with Gasteiger partial charge in [0.15, 0.2) is 18.1 Å². The molecular weight excluding hydrogens is 356 g/mol. The van der Waals surface area contributed by atoms with Gasteiger partial charge in [-0.2, -0.15) is 0 Å². The molecule has 1 aliphatic rings. The second kappa shape index (κ2) is 8.25. The van der Waals surface area contributed by atoms with Crippen LogP contribution in [0.4, 0.5) is 0 Å². The van der Waals surface area contributed by atoms with Gasteiger partial charge >= 0.3 is 0 Å². The summed E-state index contributed by atoms with van der Waals surface area (Å²) >= 11 is 0. The molecule has 2 N–H and O–H groups in total. The van der Waals surface area contributed by atoms with Crippen LogP contribution in [0.1, 0.15) is 31.9 Å². The van der Waals surface area contributed by atoms with Gasteiger partial charge in [-0.1, -0.05) is 39.5 Å². The number of carbonyl (C=O) groups excluding carboxylic acids is 1. The summed E-state index contributed by atoms with van der Waals surface area (Å²) in [4.78, 5) is 12.0. The van der Waals surface area contributed by atoms with E-state index in [9.17, 15) is 4.79 Å². The Labute approximate surface area is 165 Å². The molecule has 0 aromatic heterocycles. The van der Waals surface area contributed by atoms with Crippen LogP contribution in [0.5, 0.6) is 17.2 Å². The highest BCUT2D eigenvalue weighted by atomic mass is 16.6. The van der Waals surface area contributed by atoms with Gasteiger partial charge in [0.2, 0.25) is 0 Å². The third-order valence-corrected chi connectivity index (χ3v) is 4.33. The van der Waals surface area contributed by atoms with Gasteiger partial charge in [0.05, 0.1) is 5.70 Å². The Hall–Kier alpha value is -3.15. The minimum atomic E-state index is -0.307. The van der Waals surface area contributed by atoms with Crippen molar-refractivity contribution in [2.45, 2.75) is 26.2 Å². The molecule has 0 unspecified atom stereocenters. The number of nitrogens with one attached hydrogen (secondary N) is 2. The Kier molecular flexibility index (Phi) is 5.78. The van der Waals surface area contributed by atoms with E-state index in [4.69, 9.17) is 14.2 Å². The van der Waals surface area contributed by atoms with Gasteiger partial charge in [-0.25, -0.2) is 0 Å². The van der Waals surface area contributed by atoms with E-state index >= 15 is 0 Å². The fourth-order valence-electron chi connectivity index (χ4n) is 2.68. The zero-order valence-electron chi connectivity index (χ0n) is 16.5. The third kappa shape index (κ3) is 4.97. The first kappa shape index (κ1) is 19.6. The molecule has 1 amide bonds. The van der Waals surface area contributed by atoms with E-state index in [-0.39, 0.29) is 17.9 Å². The number of amides is 1. The van der Waals surface area contributed by atoms with E-state index < -0.39 is 0 Å². The summed E-state index contributed by atoms with van der Waals surface area (Å²) in [5, 5.41) is 0. The Bertz CT molecular complexity index is 854. The normalized spacial score (nSPS) is 12.8. The summed E-state index contributed by atoms with van der Waals surface area (Å²) in [6.07, 6.45) is 0. The number of hydrogen-bond acceptors (Lipinski definition) is 5. The van der Waals surface area contributed by atoms with Gasteiger partial charge in [-0.15, -0.1) is 0 Å². The number of benzene rings is 2. The smallest absolute Gasteiger partial charge is 0.276 e. The lowest BCUT2D eigenvalue weighted by Gasteiger charge is -2.20. The summed E-state index contributed by atoms with van der Waals surface area (Å²) in [6, 6.07) is 13.3. The van der Waals surface area contributed by atoms with Crippen LogP contribution in [0.25, 0.3) is 5.70 Å². The van der Waals surface area contributed by atoms with E-state index in [0.717, 1.165) is 5.56 Å². The summed E-state index contributed by atoms with van der Waals surface area (Å²) in [7, 11) is 0. The molecule has 6 heteroatoms. The quantitative estimate of drug-likeness (QED) is 0.749. The molecule has 148 valence electrons. The summed E-state index contributed by atoms with van der Waals surface area (Å²) in [5.41, 5.74) is 8.01. The maximum Gasteiger partial charge on any atom is 0.276 e. The number of hydrogen-bond donors (Lipinski definition) is 2. The fourth-order valence-corrected chi connectivity index (χ4v) is 2.68. The molecule has 0 saturated heterocycles.